The number of nitrogens with one attached hydrogen (secondary N) is 4. The highest BCUT2D eigenvalue weighted by Crippen LogP contribution is 2.32. The number of fused-ring (bicyclic) bond motifs is 3. The minimum absolute atomic E-state index is 0.00142. The van der Waals surface area contributed by atoms with Crippen LogP contribution in [0.4, 0.5) is 20.5 Å². The largest absolute Gasteiger partial charge is 0.497 e. The summed E-state index contributed by atoms with van der Waals surface area (Å²) < 4.78 is 104. The molecule has 0 fully saturated rings. The molecule has 101 heavy (non-hydrogen) atoms. The van der Waals surface area contributed by atoms with Crippen molar-refractivity contribution >= 4 is 139 Å². The fraction of sp³-hybridized carbons (Fsp3) is 0.149. The van der Waals surface area contributed by atoms with Gasteiger partial charge in [-0.25, -0.2) is 63.9 Å². The molecule has 0 spiro atoms. The zero-order valence-electron chi connectivity index (χ0n) is 54.3. The van der Waals surface area contributed by atoms with Crippen LogP contribution < -0.4 is 46.8 Å². The van der Waals surface area contributed by atoms with Crippen molar-refractivity contribution in [3.8, 4) is 11.5 Å². The molecule has 0 unspecified atom stereocenters. The third-order valence-electron chi connectivity index (χ3n) is 14.5. The lowest BCUT2D eigenvalue weighted by Gasteiger charge is -2.23. The Bertz CT molecular complexity index is 5540. The molecule has 0 saturated carbocycles. The summed E-state index contributed by atoms with van der Waals surface area (Å²) in [6, 6.07) is 43.0. The zero-order valence-corrected chi connectivity index (χ0v) is 60.8. The number of halogens is 1. The summed E-state index contributed by atoms with van der Waals surface area (Å²) in [6.45, 7) is 8.52. The van der Waals surface area contributed by atoms with E-state index >= 15 is 0 Å². The molecule has 7 aromatic heterocycles. The molecule has 526 valence electrons. The summed E-state index contributed by atoms with van der Waals surface area (Å²) in [5, 5.41) is 21.7. The smallest absolute Gasteiger partial charge is 0.420 e. The van der Waals surface area contributed by atoms with E-state index in [1.54, 1.807) is 74.0 Å². The van der Waals surface area contributed by atoms with E-state index in [0.29, 0.717) is 32.6 Å². The number of aliphatic hydroxyl groups excluding tert-OH is 1. The van der Waals surface area contributed by atoms with Crippen LogP contribution in [0.5, 0.6) is 11.5 Å². The topological polar surface area (TPSA) is 373 Å². The van der Waals surface area contributed by atoms with Gasteiger partial charge in [-0.2, -0.15) is 0 Å². The Kier molecular flexibility index (Phi) is 25.4. The summed E-state index contributed by atoms with van der Waals surface area (Å²) in [5.74, 6) is -0.216. The fourth-order valence-electron chi connectivity index (χ4n) is 9.33. The van der Waals surface area contributed by atoms with Crippen LogP contribution in [-0.4, -0.2) is 79.1 Å². The first-order chi connectivity index (χ1) is 48.3. The number of rotatable bonds is 17. The van der Waals surface area contributed by atoms with E-state index in [-0.39, 0.29) is 55.3 Å². The molecule has 0 radical (unpaired) electrons. The maximum Gasteiger partial charge on any atom is 0.420 e. The Morgan fingerprint density at radius 3 is 1.60 bits per heavy atom. The fourth-order valence-corrected chi connectivity index (χ4v) is 15.1. The van der Waals surface area contributed by atoms with E-state index < -0.39 is 46.4 Å². The number of benzene rings is 7. The Balaban J connectivity index is 0.000000151. The molecule has 0 bridgehead atoms. The number of sulfonamides is 2. The highest BCUT2D eigenvalue weighted by Gasteiger charge is 2.29. The number of aryl methyl sites for hydroxylation is 2. The van der Waals surface area contributed by atoms with Gasteiger partial charge in [0.1, 0.15) is 11.5 Å². The van der Waals surface area contributed by atoms with Gasteiger partial charge >= 0.3 is 17.3 Å². The van der Waals surface area contributed by atoms with E-state index in [4.69, 9.17) is 39.8 Å². The van der Waals surface area contributed by atoms with E-state index in [9.17, 15) is 39.6 Å². The standard InChI is InChI=1S/C19H17N3O5S2.C18H15N3O4S2.C12H14N2OS.C8H10O.C7H4ClNO4S.C3H4N2S/c1-12-9-14(26-2)4-3-13(12)11-22(18-20-7-8-28-18)29(24,25)15-5-6-16-17(10-15)27-19(23)21-16;1-12(13-5-3-2-4-6-13)21-15-8-7-14(11-16(15)25-18(21)22)27(23,24)20-17-19-9-10-26-17;1-9-7-11(15-2)4-3-10(9)8-14-12-13-5-6-16-12;1-7(9)8-5-3-2-4-6-8;8-14(11,12)4-1-2-5-6(3-4)13-7(10)9-5;4-3-5-1-2-6-3/h3-10H,11H2,1-2H3,(H,21,23);2-12H,1H3,(H,19,20);3-7H,8H2,1-2H3,(H,13,14);2-7,9H,1H3;1-3H,(H,9,10);1-2H,(H2,4,5)/t;12-;;7-;;/m.1.0../s1. The number of ether oxygens (including phenoxy) is 2. The quantitative estimate of drug-likeness (QED) is 0.0461. The van der Waals surface area contributed by atoms with Gasteiger partial charge < -0.3 is 38.9 Å². The number of nitrogen functional groups attached to an aromatic ring is 1. The van der Waals surface area contributed by atoms with Crippen molar-refractivity contribution in [3.63, 3.8) is 0 Å². The molecule has 7 heterocycles. The number of aliphatic hydroxyl groups is 1. The lowest BCUT2D eigenvalue weighted by molar-refractivity contribution is 0.199. The highest BCUT2D eigenvalue weighted by molar-refractivity contribution is 8.13. The molecule has 0 aliphatic carbocycles. The van der Waals surface area contributed by atoms with Gasteiger partial charge in [-0.15, -0.1) is 45.3 Å². The van der Waals surface area contributed by atoms with Crippen molar-refractivity contribution < 1.29 is 53.1 Å². The van der Waals surface area contributed by atoms with Gasteiger partial charge in [0.05, 0.1) is 64.1 Å². The van der Waals surface area contributed by atoms with E-state index in [0.717, 1.165) is 39.7 Å². The normalized spacial score (nSPS) is 11.8. The van der Waals surface area contributed by atoms with Gasteiger partial charge in [0.2, 0.25) is 0 Å². The third kappa shape index (κ3) is 20.3. The van der Waals surface area contributed by atoms with Gasteiger partial charge in [-0.3, -0.25) is 19.3 Å². The third-order valence-corrected chi connectivity index (χ3v) is 22.0. The molecule has 7 N–H and O–H groups in total. The zero-order chi connectivity index (χ0) is 72.4. The Hall–Kier alpha value is -10.2. The van der Waals surface area contributed by atoms with Crippen molar-refractivity contribution in [3.05, 3.63) is 263 Å². The minimum atomic E-state index is -3.96. The summed E-state index contributed by atoms with van der Waals surface area (Å²) in [6.07, 6.45) is 6.20. The highest BCUT2D eigenvalue weighted by atomic mass is 35.7. The van der Waals surface area contributed by atoms with Crippen molar-refractivity contribution in [2.24, 2.45) is 0 Å². The Morgan fingerprint density at radius 2 is 1.11 bits per heavy atom. The van der Waals surface area contributed by atoms with E-state index in [1.807, 2.05) is 110 Å². The van der Waals surface area contributed by atoms with Crippen molar-refractivity contribution in [1.82, 2.24) is 34.5 Å². The molecule has 34 heteroatoms. The van der Waals surface area contributed by atoms with Crippen molar-refractivity contribution in [2.75, 3.05) is 34.3 Å². The number of H-pyrrole nitrogens is 2. The second-order valence-electron chi connectivity index (χ2n) is 21.2. The molecule has 7 aromatic carbocycles. The molecular weight excluding hydrogens is 1460 g/mol. The summed E-state index contributed by atoms with van der Waals surface area (Å²) in [7, 11) is -3.21. The molecule has 14 aromatic rings. The predicted octanol–water partition coefficient (Wildman–Crippen LogP) is 13.3. The van der Waals surface area contributed by atoms with Crippen LogP contribution in [0.25, 0.3) is 33.3 Å². The maximum absolute atomic E-state index is 13.5. The number of methoxy groups -OCH3 is 2. The first-order valence-electron chi connectivity index (χ1n) is 29.8. The van der Waals surface area contributed by atoms with Crippen LogP contribution in [0.3, 0.4) is 0 Å². The Morgan fingerprint density at radius 1 is 0.594 bits per heavy atom. The lowest BCUT2D eigenvalue weighted by atomic mass is 10.1. The second-order valence-corrected chi connectivity index (χ2v) is 30.9. The van der Waals surface area contributed by atoms with Gasteiger partial charge in [0.15, 0.2) is 37.3 Å². The number of hydrogen-bond acceptors (Lipinski definition) is 25. The molecule has 0 aliphatic rings. The monoisotopic (exact) mass is 1520 g/mol. The molecule has 26 nitrogen and oxygen atoms in total. The number of hydrogen-bond donors (Lipinski definition) is 6. The van der Waals surface area contributed by atoms with Gasteiger partial charge in [-0.1, -0.05) is 72.8 Å². The number of nitrogens with two attached hydrogens (primary N) is 1. The summed E-state index contributed by atoms with van der Waals surface area (Å²) in [5.41, 5.74) is 13.3. The first kappa shape index (κ1) is 75.0. The molecule has 0 aliphatic heterocycles. The Labute approximate surface area is 598 Å². The number of anilines is 4. The minimum Gasteiger partial charge on any atom is -0.497 e. The van der Waals surface area contributed by atoms with Gasteiger partial charge in [0.25, 0.3) is 29.1 Å². The van der Waals surface area contributed by atoms with E-state index in [1.165, 1.54) is 109 Å². The van der Waals surface area contributed by atoms with Crippen molar-refractivity contribution in [2.45, 2.75) is 67.6 Å². The molecule has 0 amide bonds. The maximum atomic E-state index is 13.5. The first-order valence-corrected chi connectivity index (χ1v) is 38.6. The SMILES string of the molecule is COc1ccc(CN(c2nccs2)S(=O)(=O)c2ccc3[nH]c(=O)oc3c2)c(C)c1.COc1ccc(CNc2nccs2)c(C)c1.C[C@H](O)c1ccccc1.C[C@H](c1ccccc1)n1c(=O)oc2cc(S(=O)(=O)Nc3nccs3)ccc21.Nc1nccs1.O=c1[nH]c2ccc(S(=O)(=O)Cl)cc2o1. The number of aromatic amines is 2. The predicted molar refractivity (Wildman–Crippen MR) is 394 cm³/mol. The number of nitrogens with zero attached hydrogens (tertiary/aromatic N) is 6. The number of oxazole rings is 3. The molecule has 0 saturated heterocycles. The second kappa shape index (κ2) is 34.2. The van der Waals surface area contributed by atoms with Crippen LogP contribution in [0, 0.1) is 13.8 Å². The van der Waals surface area contributed by atoms with Crippen LogP contribution in [0.1, 0.15) is 59.4 Å². The number of aromatic nitrogens is 7. The molecule has 14 rings (SSSR count). The van der Waals surface area contributed by atoms with Crippen LogP contribution in [-0.2, 0) is 42.2 Å². The van der Waals surface area contributed by atoms with Gasteiger partial charge in [0, 0.05) is 81.7 Å². The van der Waals surface area contributed by atoms with Crippen molar-refractivity contribution in [1.29, 1.82) is 0 Å². The van der Waals surface area contributed by atoms with E-state index in [2.05, 4.69) is 57.4 Å². The molecular formula is C67H64ClN11O15S7. The lowest BCUT2D eigenvalue weighted by Crippen LogP contribution is -2.30. The van der Waals surface area contributed by atoms with Crippen LogP contribution >= 0.6 is 56.0 Å². The molecule has 2 atom stereocenters. The van der Waals surface area contributed by atoms with Crippen LogP contribution in [0.15, 0.2) is 240 Å². The average Bonchev–Trinajstić information content (AvgIpc) is 1.60. The van der Waals surface area contributed by atoms with Crippen LogP contribution in [0.2, 0.25) is 0 Å². The average molecular weight is 1520 g/mol. The van der Waals surface area contributed by atoms with Gasteiger partial charge in [-0.05, 0) is 122 Å². The number of thiazole rings is 4. The summed E-state index contributed by atoms with van der Waals surface area (Å²) in [4.78, 5) is 55.3. The summed E-state index contributed by atoms with van der Waals surface area (Å²) >= 11 is 5.45.